The van der Waals surface area contributed by atoms with E-state index in [4.69, 9.17) is 14.2 Å². The molecule has 5 heteroatoms. The summed E-state index contributed by atoms with van der Waals surface area (Å²) in [5.74, 6) is 0.958. The van der Waals surface area contributed by atoms with E-state index in [9.17, 15) is 0 Å². The van der Waals surface area contributed by atoms with Crippen LogP contribution in [0.25, 0.3) is 6.08 Å². The van der Waals surface area contributed by atoms with Crippen LogP contribution in [-0.4, -0.2) is 45.6 Å². The van der Waals surface area contributed by atoms with E-state index >= 15 is 0 Å². The van der Waals surface area contributed by atoms with Crippen molar-refractivity contribution in [3.05, 3.63) is 33.8 Å². The third kappa shape index (κ3) is 5.31. The second-order valence-electron chi connectivity index (χ2n) is 6.01. The molecule has 3 rings (SSSR count). The first-order chi connectivity index (χ1) is 11.3. The van der Waals surface area contributed by atoms with E-state index in [2.05, 4.69) is 33.4 Å². The van der Waals surface area contributed by atoms with Gasteiger partial charge in [-0.3, -0.25) is 0 Å². The normalized spacial score (nSPS) is 20.0. The highest BCUT2D eigenvalue weighted by molar-refractivity contribution is 9.10. The molecule has 0 amide bonds. The van der Waals surface area contributed by atoms with Crippen LogP contribution >= 0.6 is 15.9 Å². The van der Waals surface area contributed by atoms with Gasteiger partial charge in [0.1, 0.15) is 12.4 Å². The maximum absolute atomic E-state index is 5.78. The summed E-state index contributed by atoms with van der Waals surface area (Å²) in [6, 6.07) is 6.10. The van der Waals surface area contributed by atoms with E-state index < -0.39 is 0 Å². The minimum atomic E-state index is 0.326. The Kier molecular flexibility index (Phi) is 6.51. The van der Waals surface area contributed by atoms with Gasteiger partial charge in [-0.15, -0.1) is 0 Å². The van der Waals surface area contributed by atoms with Crippen molar-refractivity contribution < 1.29 is 14.2 Å². The molecule has 1 aromatic rings. The first-order valence-corrected chi connectivity index (χ1v) is 9.12. The van der Waals surface area contributed by atoms with Gasteiger partial charge >= 0.3 is 0 Å². The van der Waals surface area contributed by atoms with Crippen LogP contribution in [0.1, 0.15) is 24.8 Å². The molecule has 0 bridgehead atoms. The van der Waals surface area contributed by atoms with Crippen molar-refractivity contribution in [3.63, 3.8) is 0 Å². The summed E-state index contributed by atoms with van der Waals surface area (Å²) in [5.41, 5.74) is 2.41. The second-order valence-corrected chi connectivity index (χ2v) is 6.93. The van der Waals surface area contributed by atoms with Crippen LogP contribution in [0.2, 0.25) is 0 Å². The molecule has 126 valence electrons. The molecule has 1 saturated heterocycles. The topological polar surface area (TPSA) is 39.7 Å². The number of nitrogens with one attached hydrogen (secondary N) is 1. The van der Waals surface area contributed by atoms with Gasteiger partial charge in [-0.1, -0.05) is 15.9 Å². The maximum atomic E-state index is 5.78. The smallest absolute Gasteiger partial charge is 0.127 e. The van der Waals surface area contributed by atoms with Crippen LogP contribution in [0.3, 0.4) is 0 Å². The molecule has 2 heterocycles. The molecule has 1 N–H and O–H groups in total. The number of hydrogen-bond acceptors (Lipinski definition) is 4. The second kappa shape index (κ2) is 8.83. The number of hydrogen-bond donors (Lipinski definition) is 1. The van der Waals surface area contributed by atoms with E-state index in [0.717, 1.165) is 61.5 Å². The Morgan fingerprint density at radius 2 is 2.30 bits per heavy atom. The molecule has 2 aliphatic rings. The van der Waals surface area contributed by atoms with E-state index in [1.54, 1.807) is 0 Å². The summed E-state index contributed by atoms with van der Waals surface area (Å²) in [7, 11) is 0. The van der Waals surface area contributed by atoms with E-state index in [1.807, 2.05) is 12.1 Å². The quantitative estimate of drug-likeness (QED) is 0.700. The number of ether oxygens (including phenoxy) is 3. The zero-order valence-corrected chi connectivity index (χ0v) is 14.9. The van der Waals surface area contributed by atoms with Crippen molar-refractivity contribution >= 4 is 22.0 Å². The van der Waals surface area contributed by atoms with Gasteiger partial charge < -0.3 is 19.5 Å². The first kappa shape index (κ1) is 17.0. The predicted molar refractivity (Wildman–Crippen MR) is 94.9 cm³/mol. The summed E-state index contributed by atoms with van der Waals surface area (Å²) in [4.78, 5) is 0. The molecule has 2 aliphatic heterocycles. The average Bonchev–Trinajstić information content (AvgIpc) is 3.07. The highest BCUT2D eigenvalue weighted by atomic mass is 79.9. The molecule has 1 fully saturated rings. The Morgan fingerprint density at radius 3 is 3.17 bits per heavy atom. The van der Waals surface area contributed by atoms with Gasteiger partial charge in [0.25, 0.3) is 0 Å². The van der Waals surface area contributed by atoms with Crippen LogP contribution in [-0.2, 0) is 9.47 Å². The largest absolute Gasteiger partial charge is 0.489 e. The molecule has 4 nitrogen and oxygen atoms in total. The van der Waals surface area contributed by atoms with Crippen molar-refractivity contribution in [1.82, 2.24) is 5.32 Å². The maximum Gasteiger partial charge on any atom is 0.127 e. The summed E-state index contributed by atoms with van der Waals surface area (Å²) in [5, 5.41) is 3.46. The van der Waals surface area contributed by atoms with Gasteiger partial charge in [-0.2, -0.15) is 0 Å². The van der Waals surface area contributed by atoms with E-state index in [0.29, 0.717) is 12.7 Å². The van der Waals surface area contributed by atoms with Crippen molar-refractivity contribution in [1.29, 1.82) is 0 Å². The molecule has 1 unspecified atom stereocenters. The van der Waals surface area contributed by atoms with Crippen molar-refractivity contribution in [2.24, 2.45) is 0 Å². The zero-order valence-electron chi connectivity index (χ0n) is 13.4. The lowest BCUT2D eigenvalue weighted by molar-refractivity contribution is 0.0167. The molecular weight excluding hydrogens is 358 g/mol. The summed E-state index contributed by atoms with van der Waals surface area (Å²) in [6.45, 7) is 4.90. The van der Waals surface area contributed by atoms with Crippen LogP contribution in [0.4, 0.5) is 0 Å². The Labute approximate surface area is 146 Å². The molecule has 0 aliphatic carbocycles. The van der Waals surface area contributed by atoms with Gasteiger partial charge in [0, 0.05) is 29.8 Å². The molecule has 1 aromatic carbocycles. The molecule has 0 spiro atoms. The average molecular weight is 382 g/mol. The Balaban J connectivity index is 1.30. The number of rotatable bonds is 8. The van der Waals surface area contributed by atoms with Gasteiger partial charge in [0.05, 0.1) is 12.7 Å². The van der Waals surface area contributed by atoms with Crippen LogP contribution in [0, 0.1) is 0 Å². The standard InChI is InChI=1S/C18H24BrNO3/c19-16-4-5-18-15(10-16)9-14(12-23-18)11-20-6-2-7-21-13-17-3-1-8-22-17/h4-5,9-10,17,20H,1-3,6-8,11-13H2. The monoisotopic (exact) mass is 381 g/mol. The number of halogens is 1. The zero-order chi connectivity index (χ0) is 15.9. The van der Waals surface area contributed by atoms with Gasteiger partial charge in [-0.25, -0.2) is 0 Å². The third-order valence-electron chi connectivity index (χ3n) is 4.07. The summed E-state index contributed by atoms with van der Waals surface area (Å²) >= 11 is 3.50. The fourth-order valence-corrected chi connectivity index (χ4v) is 3.22. The van der Waals surface area contributed by atoms with E-state index in [1.165, 1.54) is 12.0 Å². The van der Waals surface area contributed by atoms with Gasteiger partial charge in [-0.05, 0) is 55.7 Å². The number of benzene rings is 1. The molecular formula is C18H24BrNO3. The number of fused-ring (bicyclic) bond motifs is 1. The van der Waals surface area contributed by atoms with Crippen LogP contribution < -0.4 is 10.1 Å². The molecule has 23 heavy (non-hydrogen) atoms. The fraction of sp³-hybridized carbons (Fsp3) is 0.556. The van der Waals surface area contributed by atoms with E-state index in [-0.39, 0.29) is 0 Å². The van der Waals surface area contributed by atoms with Gasteiger partial charge in [0.2, 0.25) is 0 Å². The van der Waals surface area contributed by atoms with Crippen molar-refractivity contribution in [2.45, 2.75) is 25.4 Å². The minimum absolute atomic E-state index is 0.326. The highest BCUT2D eigenvalue weighted by Gasteiger charge is 2.15. The molecule has 0 saturated carbocycles. The minimum Gasteiger partial charge on any atom is -0.489 e. The lowest BCUT2D eigenvalue weighted by Gasteiger charge is -2.18. The van der Waals surface area contributed by atoms with Crippen LogP contribution in [0.15, 0.2) is 28.2 Å². The first-order valence-electron chi connectivity index (χ1n) is 8.33. The Hall–Kier alpha value is -0.880. The molecule has 0 aromatic heterocycles. The predicted octanol–water partition coefficient (Wildman–Crippen LogP) is 3.40. The fourth-order valence-electron chi connectivity index (χ4n) is 2.84. The Bertz CT molecular complexity index is 541. The van der Waals surface area contributed by atoms with Crippen molar-refractivity contribution in [3.8, 4) is 5.75 Å². The molecule has 0 radical (unpaired) electrons. The molecule has 1 atom stereocenters. The lowest BCUT2D eigenvalue weighted by Crippen LogP contribution is -2.24. The Morgan fingerprint density at radius 1 is 1.35 bits per heavy atom. The third-order valence-corrected chi connectivity index (χ3v) is 4.56. The van der Waals surface area contributed by atoms with Crippen molar-refractivity contribution in [2.75, 3.05) is 39.5 Å². The highest BCUT2D eigenvalue weighted by Crippen LogP contribution is 2.28. The lowest BCUT2D eigenvalue weighted by atomic mass is 10.1. The van der Waals surface area contributed by atoms with Gasteiger partial charge in [0.15, 0.2) is 0 Å². The summed E-state index contributed by atoms with van der Waals surface area (Å²) < 4.78 is 18.0. The summed E-state index contributed by atoms with van der Waals surface area (Å²) in [6.07, 6.45) is 5.87. The van der Waals surface area contributed by atoms with Crippen LogP contribution in [0.5, 0.6) is 5.75 Å². The SMILES string of the molecule is Brc1ccc2c(c1)C=C(CNCCCOCC1CCCO1)CO2.